The van der Waals surface area contributed by atoms with Gasteiger partial charge in [0.25, 0.3) is 5.91 Å². The number of hydrogen-bond donors (Lipinski definition) is 2. The van der Waals surface area contributed by atoms with Crippen molar-refractivity contribution >= 4 is 23.2 Å². The number of rotatable bonds is 5. The maximum Gasteiger partial charge on any atom is 0.274 e. The van der Waals surface area contributed by atoms with Gasteiger partial charge in [-0.15, -0.1) is 0 Å². The minimum Gasteiger partial charge on any atom is -0.494 e. The van der Waals surface area contributed by atoms with Crippen LogP contribution in [0.1, 0.15) is 23.0 Å². The number of ether oxygens (including phenoxy) is 1. The van der Waals surface area contributed by atoms with Crippen LogP contribution in [0.3, 0.4) is 0 Å². The van der Waals surface area contributed by atoms with Crippen molar-refractivity contribution in [2.45, 2.75) is 13.5 Å². The van der Waals surface area contributed by atoms with E-state index in [0.717, 1.165) is 0 Å². The molecule has 0 aliphatic carbocycles. The lowest BCUT2D eigenvalue weighted by Gasteiger charge is -2.11. The molecule has 6 heteroatoms. The minimum absolute atomic E-state index is 0.172. The first-order valence-electron chi connectivity index (χ1n) is 6.44. The summed E-state index contributed by atoms with van der Waals surface area (Å²) in [7, 11) is 0. The van der Waals surface area contributed by atoms with Crippen LogP contribution >= 0.6 is 11.6 Å². The highest BCUT2D eigenvalue weighted by Crippen LogP contribution is 2.23. The highest BCUT2D eigenvalue weighted by molar-refractivity contribution is 6.29. The highest BCUT2D eigenvalue weighted by Gasteiger charge is 2.10. The number of carbonyl (C=O) groups excluding carboxylic acids is 1. The Labute approximate surface area is 127 Å². The number of aliphatic hydroxyl groups excluding tert-OH is 1. The average molecular weight is 307 g/mol. The molecule has 0 aliphatic heterocycles. The zero-order valence-corrected chi connectivity index (χ0v) is 12.2. The molecule has 5 nitrogen and oxygen atoms in total. The van der Waals surface area contributed by atoms with E-state index in [1.54, 1.807) is 36.4 Å². The summed E-state index contributed by atoms with van der Waals surface area (Å²) in [4.78, 5) is 16.0. The zero-order valence-electron chi connectivity index (χ0n) is 11.5. The molecule has 2 N–H and O–H groups in total. The molecule has 0 atom stereocenters. The topological polar surface area (TPSA) is 71.5 Å². The van der Waals surface area contributed by atoms with Gasteiger partial charge in [-0.3, -0.25) is 4.79 Å². The normalized spacial score (nSPS) is 10.2. The summed E-state index contributed by atoms with van der Waals surface area (Å²) >= 11 is 5.75. The molecule has 2 rings (SSSR count). The number of amides is 1. The number of benzene rings is 1. The Kier molecular flexibility index (Phi) is 5.14. The quantitative estimate of drug-likeness (QED) is 0.833. The van der Waals surface area contributed by atoms with Crippen molar-refractivity contribution in [3.8, 4) is 5.75 Å². The molecule has 0 fully saturated rings. The largest absolute Gasteiger partial charge is 0.494 e. The summed E-state index contributed by atoms with van der Waals surface area (Å²) < 4.78 is 5.39. The van der Waals surface area contributed by atoms with E-state index in [0.29, 0.717) is 23.6 Å². The van der Waals surface area contributed by atoms with Gasteiger partial charge in [0, 0.05) is 11.3 Å². The van der Waals surface area contributed by atoms with Gasteiger partial charge in [0.05, 0.1) is 13.2 Å². The number of nitrogens with zero attached hydrogens (tertiary/aromatic N) is 1. The fourth-order valence-corrected chi connectivity index (χ4v) is 1.97. The molecular weight excluding hydrogens is 292 g/mol. The van der Waals surface area contributed by atoms with Crippen molar-refractivity contribution in [3.05, 3.63) is 52.8 Å². The molecule has 2 aromatic rings. The summed E-state index contributed by atoms with van der Waals surface area (Å²) in [5, 5.41) is 12.3. The van der Waals surface area contributed by atoms with Gasteiger partial charge in [-0.05, 0) is 37.3 Å². The molecule has 0 unspecified atom stereocenters. The predicted molar refractivity (Wildman–Crippen MR) is 80.7 cm³/mol. The van der Waals surface area contributed by atoms with E-state index >= 15 is 0 Å². The van der Waals surface area contributed by atoms with Crippen LogP contribution < -0.4 is 10.1 Å². The van der Waals surface area contributed by atoms with Gasteiger partial charge in [0.15, 0.2) is 0 Å². The minimum atomic E-state index is -0.370. The van der Waals surface area contributed by atoms with E-state index in [1.807, 2.05) is 6.92 Å². The number of halogens is 1. The first-order chi connectivity index (χ1) is 10.1. The van der Waals surface area contributed by atoms with Gasteiger partial charge < -0.3 is 15.2 Å². The Morgan fingerprint density at radius 1 is 1.38 bits per heavy atom. The maximum absolute atomic E-state index is 12.1. The lowest BCUT2D eigenvalue weighted by Crippen LogP contribution is -2.14. The third kappa shape index (κ3) is 3.93. The van der Waals surface area contributed by atoms with Crippen molar-refractivity contribution in [1.29, 1.82) is 0 Å². The molecule has 1 aromatic heterocycles. The van der Waals surface area contributed by atoms with Gasteiger partial charge in [0.2, 0.25) is 0 Å². The molecular formula is C15H15ClN2O3. The van der Waals surface area contributed by atoms with Crippen molar-refractivity contribution < 1.29 is 14.6 Å². The molecule has 0 saturated heterocycles. The Bertz CT molecular complexity index is 647. The predicted octanol–water partition coefficient (Wildman–Crippen LogP) is 2.88. The molecule has 1 amide bonds. The number of pyridine rings is 1. The summed E-state index contributed by atoms with van der Waals surface area (Å²) in [6, 6.07) is 9.89. The number of carbonyl (C=O) groups is 1. The van der Waals surface area contributed by atoms with Gasteiger partial charge in [0.1, 0.15) is 16.6 Å². The van der Waals surface area contributed by atoms with Crippen molar-refractivity contribution in [2.75, 3.05) is 11.9 Å². The van der Waals surface area contributed by atoms with Crippen LogP contribution in [0.2, 0.25) is 5.15 Å². The van der Waals surface area contributed by atoms with E-state index in [1.165, 1.54) is 0 Å². The van der Waals surface area contributed by atoms with E-state index in [-0.39, 0.29) is 23.4 Å². The second-order valence-corrected chi connectivity index (χ2v) is 4.60. The summed E-state index contributed by atoms with van der Waals surface area (Å²) in [5.41, 5.74) is 1.38. The van der Waals surface area contributed by atoms with Crippen LogP contribution in [0.25, 0.3) is 0 Å². The van der Waals surface area contributed by atoms with Crippen LogP contribution in [-0.4, -0.2) is 22.6 Å². The Hall–Kier alpha value is -2.11. The molecule has 1 heterocycles. The van der Waals surface area contributed by atoms with Gasteiger partial charge in [-0.1, -0.05) is 17.7 Å². The third-order valence-electron chi connectivity index (χ3n) is 2.74. The Morgan fingerprint density at radius 2 is 2.19 bits per heavy atom. The van der Waals surface area contributed by atoms with E-state index in [4.69, 9.17) is 16.3 Å². The van der Waals surface area contributed by atoms with Crippen molar-refractivity contribution in [2.24, 2.45) is 0 Å². The monoisotopic (exact) mass is 306 g/mol. The van der Waals surface area contributed by atoms with Crippen molar-refractivity contribution in [3.63, 3.8) is 0 Å². The SMILES string of the molecule is CCOc1ccc(NC(=O)c2cccc(Cl)n2)cc1CO. The first kappa shape index (κ1) is 15.3. The van der Waals surface area contributed by atoms with Gasteiger partial charge in [-0.25, -0.2) is 4.98 Å². The first-order valence-corrected chi connectivity index (χ1v) is 6.82. The highest BCUT2D eigenvalue weighted by atomic mass is 35.5. The van der Waals surface area contributed by atoms with Crippen molar-refractivity contribution in [1.82, 2.24) is 4.98 Å². The molecule has 21 heavy (non-hydrogen) atoms. The number of aromatic nitrogens is 1. The Balaban J connectivity index is 2.17. The summed E-state index contributed by atoms with van der Waals surface area (Å²) in [6.45, 7) is 2.20. The summed E-state index contributed by atoms with van der Waals surface area (Å²) in [6.07, 6.45) is 0. The standard InChI is InChI=1S/C15H15ClN2O3/c1-2-21-13-7-6-11(8-10(13)9-19)17-15(20)12-4-3-5-14(16)18-12/h3-8,19H,2,9H2,1H3,(H,17,20). The second kappa shape index (κ2) is 7.06. The second-order valence-electron chi connectivity index (χ2n) is 4.21. The third-order valence-corrected chi connectivity index (χ3v) is 2.95. The number of anilines is 1. The smallest absolute Gasteiger partial charge is 0.274 e. The lowest BCUT2D eigenvalue weighted by atomic mass is 10.2. The van der Waals surface area contributed by atoms with E-state index < -0.39 is 0 Å². The molecule has 1 aromatic carbocycles. The lowest BCUT2D eigenvalue weighted by molar-refractivity contribution is 0.102. The maximum atomic E-state index is 12.1. The van der Waals surface area contributed by atoms with Crippen LogP contribution in [0.15, 0.2) is 36.4 Å². The van der Waals surface area contributed by atoms with Crippen LogP contribution in [0, 0.1) is 0 Å². The number of aliphatic hydroxyl groups is 1. The van der Waals surface area contributed by atoms with Crippen LogP contribution in [0.5, 0.6) is 5.75 Å². The molecule has 0 spiro atoms. The molecule has 0 aliphatic rings. The fourth-order valence-electron chi connectivity index (χ4n) is 1.81. The molecule has 0 radical (unpaired) electrons. The zero-order chi connectivity index (χ0) is 15.2. The number of nitrogens with one attached hydrogen (secondary N) is 1. The Morgan fingerprint density at radius 3 is 2.86 bits per heavy atom. The van der Waals surface area contributed by atoms with Gasteiger partial charge in [-0.2, -0.15) is 0 Å². The molecule has 0 bridgehead atoms. The van der Waals surface area contributed by atoms with E-state index in [9.17, 15) is 9.90 Å². The van der Waals surface area contributed by atoms with Crippen LogP contribution in [0.4, 0.5) is 5.69 Å². The van der Waals surface area contributed by atoms with Gasteiger partial charge >= 0.3 is 0 Å². The fraction of sp³-hybridized carbons (Fsp3) is 0.200. The average Bonchev–Trinajstić information content (AvgIpc) is 2.49. The van der Waals surface area contributed by atoms with Crippen LogP contribution in [-0.2, 0) is 6.61 Å². The van der Waals surface area contributed by atoms with E-state index in [2.05, 4.69) is 10.3 Å². The molecule has 110 valence electrons. The molecule has 0 saturated carbocycles. The summed E-state index contributed by atoms with van der Waals surface area (Å²) in [5.74, 6) is 0.226. The number of hydrogen-bond acceptors (Lipinski definition) is 4.